The number of hydrogen-bond donors (Lipinski definition) is 1. The summed E-state index contributed by atoms with van der Waals surface area (Å²) in [5.74, 6) is 0.698. The van der Waals surface area contributed by atoms with Gasteiger partial charge in [0.05, 0.1) is 5.69 Å². The average Bonchev–Trinajstić information content (AvgIpc) is 2.84. The molecule has 88 valence electrons. The SMILES string of the molecule is CN1CCc2c(-c3cc(N)n(C)n3)cccc21. The minimum Gasteiger partial charge on any atom is -0.384 e. The third-order valence-corrected chi connectivity index (χ3v) is 3.45. The molecule has 1 aromatic heterocycles. The fourth-order valence-corrected chi connectivity index (χ4v) is 2.45. The second-order valence-corrected chi connectivity index (χ2v) is 4.55. The van der Waals surface area contributed by atoms with E-state index in [4.69, 9.17) is 5.73 Å². The van der Waals surface area contributed by atoms with E-state index in [1.165, 1.54) is 16.8 Å². The maximum Gasteiger partial charge on any atom is 0.121 e. The Kier molecular flexibility index (Phi) is 2.11. The fraction of sp³-hybridized carbons (Fsp3) is 0.308. The number of hydrogen-bond acceptors (Lipinski definition) is 3. The van der Waals surface area contributed by atoms with Crippen LogP contribution in [0.4, 0.5) is 11.5 Å². The second-order valence-electron chi connectivity index (χ2n) is 4.55. The molecule has 0 spiro atoms. The Balaban J connectivity index is 2.16. The zero-order chi connectivity index (χ0) is 12.0. The minimum atomic E-state index is 0.698. The van der Waals surface area contributed by atoms with Crippen molar-refractivity contribution in [1.82, 2.24) is 9.78 Å². The number of fused-ring (bicyclic) bond motifs is 1. The van der Waals surface area contributed by atoms with Crippen molar-refractivity contribution in [2.24, 2.45) is 7.05 Å². The number of rotatable bonds is 1. The Labute approximate surface area is 101 Å². The van der Waals surface area contributed by atoms with Gasteiger partial charge in [0.2, 0.25) is 0 Å². The van der Waals surface area contributed by atoms with Crippen LogP contribution in [0.3, 0.4) is 0 Å². The van der Waals surface area contributed by atoms with Gasteiger partial charge in [-0.15, -0.1) is 0 Å². The summed E-state index contributed by atoms with van der Waals surface area (Å²) in [4.78, 5) is 2.28. The van der Waals surface area contributed by atoms with Crippen molar-refractivity contribution in [2.75, 3.05) is 24.2 Å². The van der Waals surface area contributed by atoms with Crippen LogP contribution in [0.1, 0.15) is 5.56 Å². The molecule has 0 bridgehead atoms. The first-order chi connectivity index (χ1) is 8.16. The number of likely N-dealkylation sites (N-methyl/N-ethyl adjacent to an activating group) is 1. The van der Waals surface area contributed by atoms with Gasteiger partial charge in [-0.1, -0.05) is 12.1 Å². The van der Waals surface area contributed by atoms with E-state index in [-0.39, 0.29) is 0 Å². The molecule has 0 saturated heterocycles. The number of nitrogen functional groups attached to an aromatic ring is 1. The molecule has 17 heavy (non-hydrogen) atoms. The number of nitrogens with zero attached hydrogens (tertiary/aromatic N) is 3. The summed E-state index contributed by atoms with van der Waals surface area (Å²) >= 11 is 0. The standard InChI is InChI=1S/C13H16N4/c1-16-7-6-10-9(4-3-5-12(10)16)11-8-13(14)17(2)15-11/h3-5,8H,6-7,14H2,1-2H3. The van der Waals surface area contributed by atoms with E-state index in [1.807, 2.05) is 13.1 Å². The lowest BCUT2D eigenvalue weighted by Crippen LogP contribution is -2.12. The number of aryl methyl sites for hydroxylation is 1. The van der Waals surface area contributed by atoms with Crippen molar-refractivity contribution in [3.05, 3.63) is 29.8 Å². The molecule has 1 aliphatic heterocycles. The molecule has 0 amide bonds. The molecule has 0 atom stereocenters. The van der Waals surface area contributed by atoms with E-state index < -0.39 is 0 Å². The van der Waals surface area contributed by atoms with Gasteiger partial charge in [-0.25, -0.2) is 0 Å². The Hall–Kier alpha value is -1.97. The highest BCUT2D eigenvalue weighted by Crippen LogP contribution is 2.35. The molecular weight excluding hydrogens is 212 g/mol. The monoisotopic (exact) mass is 228 g/mol. The van der Waals surface area contributed by atoms with Crippen molar-refractivity contribution in [2.45, 2.75) is 6.42 Å². The topological polar surface area (TPSA) is 47.1 Å². The van der Waals surface area contributed by atoms with Crippen LogP contribution in [-0.4, -0.2) is 23.4 Å². The van der Waals surface area contributed by atoms with Gasteiger partial charge in [0.25, 0.3) is 0 Å². The first kappa shape index (κ1) is 10.2. The number of benzene rings is 1. The second kappa shape index (κ2) is 3.52. The highest BCUT2D eigenvalue weighted by molar-refractivity contribution is 5.75. The Morgan fingerprint density at radius 1 is 1.29 bits per heavy atom. The average molecular weight is 228 g/mol. The van der Waals surface area contributed by atoms with Crippen LogP contribution < -0.4 is 10.6 Å². The van der Waals surface area contributed by atoms with Gasteiger partial charge < -0.3 is 10.6 Å². The summed E-state index contributed by atoms with van der Waals surface area (Å²) in [5, 5.41) is 4.46. The van der Waals surface area contributed by atoms with Gasteiger partial charge in [0, 0.05) is 38.0 Å². The molecule has 4 nitrogen and oxygen atoms in total. The maximum absolute atomic E-state index is 5.84. The van der Waals surface area contributed by atoms with Crippen LogP contribution in [0.2, 0.25) is 0 Å². The molecule has 0 aliphatic carbocycles. The summed E-state index contributed by atoms with van der Waals surface area (Å²) in [6.07, 6.45) is 1.08. The zero-order valence-corrected chi connectivity index (χ0v) is 10.1. The molecule has 1 aliphatic rings. The number of aromatic nitrogens is 2. The van der Waals surface area contributed by atoms with Crippen molar-refractivity contribution in [3.8, 4) is 11.3 Å². The van der Waals surface area contributed by atoms with Crippen LogP contribution in [0.25, 0.3) is 11.3 Å². The lowest BCUT2D eigenvalue weighted by molar-refractivity contribution is 0.782. The summed E-state index contributed by atoms with van der Waals surface area (Å²) in [5.41, 5.74) is 10.7. The Bertz CT molecular complexity index is 551. The van der Waals surface area contributed by atoms with E-state index in [9.17, 15) is 0 Å². The fourth-order valence-electron chi connectivity index (χ4n) is 2.45. The van der Waals surface area contributed by atoms with Gasteiger partial charge in [-0.2, -0.15) is 5.10 Å². The minimum absolute atomic E-state index is 0.698. The van der Waals surface area contributed by atoms with Gasteiger partial charge in [0.1, 0.15) is 5.82 Å². The maximum atomic E-state index is 5.84. The quantitative estimate of drug-likeness (QED) is 0.807. The molecule has 0 saturated carbocycles. The van der Waals surface area contributed by atoms with E-state index in [1.54, 1.807) is 4.68 Å². The van der Waals surface area contributed by atoms with E-state index in [0.29, 0.717) is 5.82 Å². The van der Waals surface area contributed by atoms with Gasteiger partial charge in [0.15, 0.2) is 0 Å². The molecule has 1 aromatic carbocycles. The lowest BCUT2D eigenvalue weighted by Gasteiger charge is -2.12. The molecule has 2 heterocycles. The summed E-state index contributed by atoms with van der Waals surface area (Å²) in [6, 6.07) is 8.31. The van der Waals surface area contributed by atoms with Crippen LogP contribution in [-0.2, 0) is 13.5 Å². The third-order valence-electron chi connectivity index (χ3n) is 3.45. The zero-order valence-electron chi connectivity index (χ0n) is 10.1. The Morgan fingerprint density at radius 3 is 2.82 bits per heavy atom. The van der Waals surface area contributed by atoms with Crippen molar-refractivity contribution < 1.29 is 0 Å². The van der Waals surface area contributed by atoms with Crippen LogP contribution in [0.15, 0.2) is 24.3 Å². The van der Waals surface area contributed by atoms with E-state index >= 15 is 0 Å². The molecule has 0 radical (unpaired) electrons. The van der Waals surface area contributed by atoms with Crippen LogP contribution in [0.5, 0.6) is 0 Å². The largest absolute Gasteiger partial charge is 0.384 e. The van der Waals surface area contributed by atoms with Gasteiger partial charge in [-0.05, 0) is 18.1 Å². The first-order valence-corrected chi connectivity index (χ1v) is 5.80. The normalized spacial score (nSPS) is 14.1. The lowest BCUT2D eigenvalue weighted by atomic mass is 10.0. The summed E-state index contributed by atoms with van der Waals surface area (Å²) in [7, 11) is 4.00. The van der Waals surface area contributed by atoms with E-state index in [0.717, 1.165) is 18.7 Å². The molecule has 2 N–H and O–H groups in total. The molecular formula is C13H16N4. The predicted molar refractivity (Wildman–Crippen MR) is 70.0 cm³/mol. The number of nitrogens with two attached hydrogens (primary N) is 1. The Morgan fingerprint density at radius 2 is 2.12 bits per heavy atom. The molecule has 0 fully saturated rings. The van der Waals surface area contributed by atoms with Crippen LogP contribution in [0, 0.1) is 0 Å². The van der Waals surface area contributed by atoms with Crippen LogP contribution >= 0.6 is 0 Å². The summed E-state index contributed by atoms with van der Waals surface area (Å²) < 4.78 is 1.72. The summed E-state index contributed by atoms with van der Waals surface area (Å²) in [6.45, 7) is 1.08. The molecule has 4 heteroatoms. The number of anilines is 2. The highest BCUT2D eigenvalue weighted by atomic mass is 15.3. The molecule has 2 aromatic rings. The first-order valence-electron chi connectivity index (χ1n) is 5.80. The van der Waals surface area contributed by atoms with Gasteiger partial charge in [-0.3, -0.25) is 4.68 Å². The predicted octanol–water partition coefficient (Wildman–Crippen LogP) is 1.66. The van der Waals surface area contributed by atoms with Crippen molar-refractivity contribution >= 4 is 11.5 Å². The van der Waals surface area contributed by atoms with Crippen molar-refractivity contribution in [3.63, 3.8) is 0 Å². The third kappa shape index (κ3) is 1.48. The van der Waals surface area contributed by atoms with Gasteiger partial charge >= 0.3 is 0 Å². The molecule has 0 unspecified atom stereocenters. The van der Waals surface area contributed by atoms with E-state index in [2.05, 4.69) is 35.2 Å². The molecule has 3 rings (SSSR count). The highest BCUT2D eigenvalue weighted by Gasteiger charge is 2.20. The smallest absolute Gasteiger partial charge is 0.121 e. The van der Waals surface area contributed by atoms with Crippen molar-refractivity contribution in [1.29, 1.82) is 0 Å².